The molecule has 142 valence electrons. The first-order valence-electron chi connectivity index (χ1n) is 8.79. The molecule has 0 aliphatic carbocycles. The van der Waals surface area contributed by atoms with Gasteiger partial charge in [-0.1, -0.05) is 18.2 Å². The number of nitrogens with zero attached hydrogens (tertiary/aromatic N) is 6. The van der Waals surface area contributed by atoms with Crippen LogP contribution in [-0.4, -0.2) is 36.8 Å². The summed E-state index contributed by atoms with van der Waals surface area (Å²) < 4.78 is 3.15. The zero-order valence-electron chi connectivity index (χ0n) is 15.4. The highest BCUT2D eigenvalue weighted by molar-refractivity contribution is 7.14. The van der Waals surface area contributed by atoms with Gasteiger partial charge in [-0.25, -0.2) is 14.6 Å². The zero-order valence-corrected chi connectivity index (χ0v) is 16.3. The summed E-state index contributed by atoms with van der Waals surface area (Å²) in [5, 5.41) is 7.24. The Kier molecular flexibility index (Phi) is 4.74. The Hall–Kier alpha value is -3.33. The highest BCUT2D eigenvalue weighted by Gasteiger charge is 2.15. The third-order valence-electron chi connectivity index (χ3n) is 4.35. The topological polar surface area (TPSA) is 85.9 Å². The van der Waals surface area contributed by atoms with Gasteiger partial charge in [0.2, 0.25) is 5.91 Å². The molecule has 0 spiro atoms. The highest BCUT2D eigenvalue weighted by Crippen LogP contribution is 2.21. The monoisotopic (exact) mass is 394 g/mol. The van der Waals surface area contributed by atoms with E-state index in [0.29, 0.717) is 28.4 Å². The molecule has 0 fully saturated rings. The Morgan fingerprint density at radius 3 is 2.75 bits per heavy atom. The van der Waals surface area contributed by atoms with E-state index >= 15 is 0 Å². The Labute approximate surface area is 164 Å². The fourth-order valence-corrected chi connectivity index (χ4v) is 3.90. The van der Waals surface area contributed by atoms with Crippen molar-refractivity contribution in [1.82, 2.24) is 24.3 Å². The molecule has 4 aromatic rings. The smallest absolute Gasteiger partial charge is 0.264 e. The fraction of sp³-hybridized carbons (Fsp3) is 0.211. The molecular formula is C19H18N6O2S. The van der Waals surface area contributed by atoms with E-state index in [1.807, 2.05) is 42.6 Å². The third kappa shape index (κ3) is 3.20. The van der Waals surface area contributed by atoms with E-state index in [-0.39, 0.29) is 18.0 Å². The van der Waals surface area contributed by atoms with E-state index in [9.17, 15) is 9.59 Å². The fourth-order valence-electron chi connectivity index (χ4n) is 2.98. The standard InChI is InChI=1S/C19H18N6O2S/c1-3-24(13(2)26)19-22-14(11-28-19)10-23-12-20-17-16(18(23)27)9-21-25(17)15-7-5-4-6-8-15/h4-9,11-12H,3,10H2,1-2H3. The second-order valence-corrected chi connectivity index (χ2v) is 7.03. The molecule has 8 nitrogen and oxygen atoms in total. The van der Waals surface area contributed by atoms with Crippen LogP contribution in [0.3, 0.4) is 0 Å². The van der Waals surface area contributed by atoms with Gasteiger partial charge in [-0.3, -0.25) is 19.1 Å². The molecule has 0 radical (unpaired) electrons. The SMILES string of the molecule is CCN(C(C)=O)c1nc(Cn2cnc3c(cnn3-c3ccccc3)c2=O)cs1. The van der Waals surface area contributed by atoms with Crippen molar-refractivity contribution >= 4 is 33.4 Å². The highest BCUT2D eigenvalue weighted by atomic mass is 32.1. The number of thiazole rings is 1. The molecular weight excluding hydrogens is 376 g/mol. The molecule has 3 aromatic heterocycles. The predicted octanol–water partition coefficient (Wildman–Crippen LogP) is 2.46. The van der Waals surface area contributed by atoms with E-state index in [2.05, 4.69) is 15.1 Å². The maximum Gasteiger partial charge on any atom is 0.264 e. The van der Waals surface area contributed by atoms with Gasteiger partial charge in [-0.05, 0) is 19.1 Å². The predicted molar refractivity (Wildman–Crippen MR) is 108 cm³/mol. The average molecular weight is 394 g/mol. The van der Waals surface area contributed by atoms with Crippen molar-refractivity contribution in [3.8, 4) is 5.69 Å². The number of hydrogen-bond donors (Lipinski definition) is 0. The normalized spacial score (nSPS) is 11.1. The number of carbonyl (C=O) groups is 1. The van der Waals surface area contributed by atoms with Crippen LogP contribution in [0.4, 0.5) is 5.13 Å². The second kappa shape index (κ2) is 7.35. The van der Waals surface area contributed by atoms with E-state index in [1.165, 1.54) is 35.4 Å². The molecule has 0 atom stereocenters. The van der Waals surface area contributed by atoms with Crippen molar-refractivity contribution in [2.24, 2.45) is 0 Å². The van der Waals surface area contributed by atoms with Crippen molar-refractivity contribution in [2.75, 3.05) is 11.4 Å². The minimum atomic E-state index is -0.180. The maximum atomic E-state index is 12.9. The molecule has 4 rings (SSSR count). The summed E-state index contributed by atoms with van der Waals surface area (Å²) in [6.07, 6.45) is 3.04. The molecule has 0 aliphatic rings. The first-order valence-corrected chi connectivity index (χ1v) is 9.67. The van der Waals surface area contributed by atoms with Crippen LogP contribution in [0.25, 0.3) is 16.7 Å². The number of carbonyl (C=O) groups excluding carboxylic acids is 1. The van der Waals surface area contributed by atoms with Crippen molar-refractivity contribution in [3.63, 3.8) is 0 Å². The van der Waals surface area contributed by atoms with E-state index in [0.717, 1.165) is 5.69 Å². The molecule has 0 aliphatic heterocycles. The summed E-state index contributed by atoms with van der Waals surface area (Å²) in [5.74, 6) is -0.0584. The Bertz CT molecular complexity index is 1190. The van der Waals surface area contributed by atoms with Gasteiger partial charge in [0.05, 0.1) is 24.1 Å². The summed E-state index contributed by atoms with van der Waals surface area (Å²) in [6.45, 7) is 4.24. The minimum absolute atomic E-state index is 0.0584. The van der Waals surface area contributed by atoms with Crippen LogP contribution in [-0.2, 0) is 11.3 Å². The first-order chi connectivity index (χ1) is 13.6. The van der Waals surface area contributed by atoms with Crippen LogP contribution in [0.5, 0.6) is 0 Å². The lowest BCUT2D eigenvalue weighted by molar-refractivity contribution is -0.116. The average Bonchev–Trinajstić information content (AvgIpc) is 3.33. The number of anilines is 1. The molecule has 0 N–H and O–H groups in total. The number of para-hydroxylation sites is 1. The van der Waals surface area contributed by atoms with Crippen molar-refractivity contribution in [2.45, 2.75) is 20.4 Å². The number of aromatic nitrogens is 5. The van der Waals surface area contributed by atoms with E-state index in [4.69, 9.17) is 0 Å². The Balaban J connectivity index is 1.66. The third-order valence-corrected chi connectivity index (χ3v) is 5.27. The van der Waals surface area contributed by atoms with Gasteiger partial charge in [-0.15, -0.1) is 11.3 Å². The van der Waals surface area contributed by atoms with Gasteiger partial charge in [0.1, 0.15) is 11.7 Å². The van der Waals surface area contributed by atoms with Crippen LogP contribution >= 0.6 is 11.3 Å². The number of benzene rings is 1. The van der Waals surface area contributed by atoms with Crippen LogP contribution in [0.15, 0.2) is 53.0 Å². The van der Waals surface area contributed by atoms with Gasteiger partial charge in [0.15, 0.2) is 10.8 Å². The van der Waals surface area contributed by atoms with Crippen molar-refractivity contribution in [3.05, 3.63) is 64.3 Å². The Morgan fingerprint density at radius 2 is 2.04 bits per heavy atom. The number of fused-ring (bicyclic) bond motifs is 1. The summed E-state index contributed by atoms with van der Waals surface area (Å²) in [7, 11) is 0. The lowest BCUT2D eigenvalue weighted by Crippen LogP contribution is -2.27. The molecule has 0 saturated heterocycles. The maximum absolute atomic E-state index is 12.9. The van der Waals surface area contributed by atoms with Crippen molar-refractivity contribution in [1.29, 1.82) is 0 Å². The number of hydrogen-bond acceptors (Lipinski definition) is 6. The number of amides is 1. The van der Waals surface area contributed by atoms with E-state index < -0.39 is 0 Å². The number of rotatable bonds is 5. The summed E-state index contributed by atoms with van der Waals surface area (Å²) in [4.78, 5) is 35.1. The quantitative estimate of drug-likeness (QED) is 0.519. The van der Waals surface area contributed by atoms with Crippen LogP contribution in [0.1, 0.15) is 19.5 Å². The lowest BCUT2D eigenvalue weighted by Gasteiger charge is -2.14. The van der Waals surface area contributed by atoms with Gasteiger partial charge < -0.3 is 0 Å². The summed E-state index contributed by atoms with van der Waals surface area (Å²) in [5.41, 5.74) is 1.88. The van der Waals surface area contributed by atoms with Crippen LogP contribution in [0, 0.1) is 0 Å². The van der Waals surface area contributed by atoms with Crippen molar-refractivity contribution < 1.29 is 4.79 Å². The lowest BCUT2D eigenvalue weighted by atomic mass is 10.3. The van der Waals surface area contributed by atoms with Crippen LogP contribution < -0.4 is 10.5 Å². The zero-order chi connectivity index (χ0) is 19.7. The summed E-state index contributed by atoms with van der Waals surface area (Å²) >= 11 is 1.38. The Morgan fingerprint density at radius 1 is 1.25 bits per heavy atom. The molecule has 0 bridgehead atoms. The second-order valence-electron chi connectivity index (χ2n) is 6.19. The van der Waals surface area contributed by atoms with Gasteiger partial charge in [0, 0.05) is 18.8 Å². The minimum Gasteiger partial charge on any atom is -0.292 e. The molecule has 0 unspecified atom stereocenters. The molecule has 28 heavy (non-hydrogen) atoms. The van der Waals surface area contributed by atoms with E-state index in [1.54, 1.807) is 9.58 Å². The largest absolute Gasteiger partial charge is 0.292 e. The molecule has 3 heterocycles. The summed E-state index contributed by atoms with van der Waals surface area (Å²) in [6, 6.07) is 9.55. The van der Waals surface area contributed by atoms with Gasteiger partial charge in [0.25, 0.3) is 5.56 Å². The van der Waals surface area contributed by atoms with Crippen LogP contribution in [0.2, 0.25) is 0 Å². The van der Waals surface area contributed by atoms with Gasteiger partial charge in [-0.2, -0.15) is 5.10 Å². The molecule has 0 saturated carbocycles. The molecule has 1 amide bonds. The molecule has 1 aromatic carbocycles. The van der Waals surface area contributed by atoms with Gasteiger partial charge >= 0.3 is 0 Å². The first kappa shape index (κ1) is 18.1. The molecule has 9 heteroatoms.